The highest BCUT2D eigenvalue weighted by atomic mass is 16.2. The average molecular weight is 180 g/mol. The molecule has 3 nitrogen and oxygen atoms in total. The average Bonchev–Trinajstić information content (AvgIpc) is 2.60. The van der Waals surface area contributed by atoms with Crippen LogP contribution < -0.4 is 5.73 Å². The number of rotatable bonds is 1. The van der Waals surface area contributed by atoms with Gasteiger partial charge in [-0.2, -0.15) is 0 Å². The van der Waals surface area contributed by atoms with Gasteiger partial charge >= 0.3 is 0 Å². The van der Waals surface area contributed by atoms with Crippen molar-refractivity contribution in [2.75, 3.05) is 6.54 Å². The summed E-state index contributed by atoms with van der Waals surface area (Å²) >= 11 is 0. The van der Waals surface area contributed by atoms with Gasteiger partial charge in [-0.15, -0.1) is 0 Å². The number of likely N-dealkylation sites (tertiary alicyclic amines) is 1. The first-order valence-corrected chi connectivity index (χ1v) is 5.35. The minimum absolute atomic E-state index is 0.199. The van der Waals surface area contributed by atoms with Crippen LogP contribution in [0.3, 0.4) is 0 Å². The highest BCUT2D eigenvalue weighted by Crippen LogP contribution is 2.46. The van der Waals surface area contributed by atoms with E-state index in [0.29, 0.717) is 17.9 Å². The zero-order chi connectivity index (χ0) is 9.00. The molecule has 3 heteroatoms. The number of fused-ring (bicyclic) bond motifs is 1. The maximum Gasteiger partial charge on any atom is 0.227 e. The lowest BCUT2D eigenvalue weighted by atomic mass is 10.2. The van der Waals surface area contributed by atoms with Crippen LogP contribution >= 0.6 is 0 Å². The molecule has 0 spiro atoms. The van der Waals surface area contributed by atoms with Crippen LogP contribution in [0, 0.1) is 11.8 Å². The van der Waals surface area contributed by atoms with E-state index in [-0.39, 0.29) is 12.0 Å². The molecule has 0 aromatic carbocycles. The second-order valence-corrected chi connectivity index (χ2v) is 4.70. The molecule has 3 fully saturated rings. The lowest BCUT2D eigenvalue weighted by Gasteiger charge is -2.26. The Kier molecular flexibility index (Phi) is 1.48. The molecule has 72 valence electrons. The van der Waals surface area contributed by atoms with Crippen LogP contribution in [0.1, 0.15) is 25.7 Å². The van der Waals surface area contributed by atoms with Crippen molar-refractivity contribution in [3.63, 3.8) is 0 Å². The van der Waals surface area contributed by atoms with Crippen LogP contribution in [0.5, 0.6) is 0 Å². The van der Waals surface area contributed by atoms with Gasteiger partial charge in [0.05, 0.1) is 5.92 Å². The van der Waals surface area contributed by atoms with Crippen molar-refractivity contribution in [2.45, 2.75) is 37.8 Å². The van der Waals surface area contributed by atoms with E-state index in [1.54, 1.807) is 0 Å². The molecule has 2 N–H and O–H groups in total. The number of carbonyl (C=O) groups excluding carboxylic acids is 1. The van der Waals surface area contributed by atoms with Crippen LogP contribution in [0.4, 0.5) is 0 Å². The lowest BCUT2D eigenvalue weighted by Crippen LogP contribution is -2.39. The third kappa shape index (κ3) is 0.966. The van der Waals surface area contributed by atoms with E-state index in [2.05, 4.69) is 4.90 Å². The van der Waals surface area contributed by atoms with Crippen molar-refractivity contribution >= 4 is 5.91 Å². The molecule has 13 heavy (non-hydrogen) atoms. The summed E-state index contributed by atoms with van der Waals surface area (Å²) in [6.07, 6.45) is 5.05. The molecule has 0 radical (unpaired) electrons. The highest BCUT2D eigenvalue weighted by molar-refractivity contribution is 5.86. The van der Waals surface area contributed by atoms with Crippen LogP contribution in [-0.2, 0) is 4.79 Å². The Labute approximate surface area is 78.3 Å². The number of nitrogens with two attached hydrogens (primary N) is 1. The zero-order valence-electron chi connectivity index (χ0n) is 7.78. The smallest absolute Gasteiger partial charge is 0.227 e. The highest BCUT2D eigenvalue weighted by Gasteiger charge is 2.60. The first kappa shape index (κ1) is 7.80. The number of nitrogens with zero attached hydrogens (tertiary/aromatic N) is 1. The van der Waals surface area contributed by atoms with Gasteiger partial charge in [0.15, 0.2) is 0 Å². The first-order valence-electron chi connectivity index (χ1n) is 5.35. The molecular formula is C10H16N2O. The lowest BCUT2D eigenvalue weighted by molar-refractivity contribution is -0.132. The molecule has 3 unspecified atom stereocenters. The summed E-state index contributed by atoms with van der Waals surface area (Å²) in [6.45, 7) is 0.954. The largest absolute Gasteiger partial charge is 0.339 e. The molecule has 2 aliphatic carbocycles. The fraction of sp³-hybridized carbons (Fsp3) is 0.900. The summed E-state index contributed by atoms with van der Waals surface area (Å²) < 4.78 is 0. The number of hydrogen-bond acceptors (Lipinski definition) is 2. The Morgan fingerprint density at radius 3 is 2.54 bits per heavy atom. The van der Waals surface area contributed by atoms with E-state index in [1.807, 2.05) is 0 Å². The summed E-state index contributed by atoms with van der Waals surface area (Å²) in [6, 6.07) is 0.762. The third-order valence-electron chi connectivity index (χ3n) is 3.97. The minimum Gasteiger partial charge on any atom is -0.339 e. The molecule has 1 heterocycles. The van der Waals surface area contributed by atoms with Crippen molar-refractivity contribution in [3.05, 3.63) is 0 Å². The number of carbonyl (C=O) groups is 1. The second kappa shape index (κ2) is 2.47. The summed E-state index contributed by atoms with van der Waals surface area (Å²) in [5, 5.41) is 0. The molecule has 3 atom stereocenters. The number of hydrogen-bond donors (Lipinski definition) is 1. The maximum atomic E-state index is 11.8. The van der Waals surface area contributed by atoms with Gasteiger partial charge in [0, 0.05) is 24.5 Å². The van der Waals surface area contributed by atoms with E-state index >= 15 is 0 Å². The molecule has 0 aromatic rings. The normalized spacial score (nSPS) is 44.2. The summed E-state index contributed by atoms with van der Waals surface area (Å²) in [4.78, 5) is 13.9. The van der Waals surface area contributed by atoms with Crippen molar-refractivity contribution in [2.24, 2.45) is 17.6 Å². The summed E-state index contributed by atoms with van der Waals surface area (Å²) in [7, 11) is 0. The molecule has 1 aliphatic heterocycles. The molecule has 2 saturated carbocycles. The van der Waals surface area contributed by atoms with Crippen molar-refractivity contribution in [1.82, 2.24) is 4.90 Å². The predicted molar refractivity (Wildman–Crippen MR) is 48.9 cm³/mol. The van der Waals surface area contributed by atoms with Gasteiger partial charge in [-0.3, -0.25) is 4.79 Å². The fourth-order valence-corrected chi connectivity index (χ4v) is 3.04. The minimum atomic E-state index is 0.199. The van der Waals surface area contributed by atoms with Gasteiger partial charge in [-0.25, -0.2) is 0 Å². The zero-order valence-corrected chi connectivity index (χ0v) is 7.78. The molecule has 1 saturated heterocycles. The molecular weight excluding hydrogens is 164 g/mol. The Balaban J connectivity index is 1.71. The van der Waals surface area contributed by atoms with Gasteiger partial charge in [0.25, 0.3) is 0 Å². The van der Waals surface area contributed by atoms with E-state index in [1.165, 1.54) is 25.7 Å². The molecule has 3 aliphatic rings. The van der Waals surface area contributed by atoms with E-state index in [4.69, 9.17) is 5.73 Å². The molecule has 1 amide bonds. The summed E-state index contributed by atoms with van der Waals surface area (Å²) in [5.41, 5.74) is 5.78. The van der Waals surface area contributed by atoms with E-state index in [0.717, 1.165) is 6.54 Å². The Bertz CT molecular complexity index is 247. The van der Waals surface area contributed by atoms with E-state index < -0.39 is 0 Å². The van der Waals surface area contributed by atoms with Gasteiger partial charge in [0.2, 0.25) is 5.91 Å². The topological polar surface area (TPSA) is 46.3 Å². The van der Waals surface area contributed by atoms with Gasteiger partial charge < -0.3 is 10.6 Å². The van der Waals surface area contributed by atoms with Gasteiger partial charge in [-0.05, 0) is 12.8 Å². The van der Waals surface area contributed by atoms with Crippen molar-refractivity contribution in [3.8, 4) is 0 Å². The number of amides is 1. The monoisotopic (exact) mass is 180 g/mol. The Morgan fingerprint density at radius 2 is 2.00 bits per heavy atom. The second-order valence-electron chi connectivity index (χ2n) is 4.70. The quantitative estimate of drug-likeness (QED) is 0.632. The van der Waals surface area contributed by atoms with Crippen molar-refractivity contribution < 1.29 is 4.79 Å². The molecule has 3 rings (SSSR count). The SMILES string of the molecule is NC1C2CN(C3CCCC3)C(=O)C12. The first-order chi connectivity index (χ1) is 6.29. The summed E-state index contributed by atoms with van der Waals surface area (Å²) in [5.74, 6) is 1.07. The molecule has 0 bridgehead atoms. The predicted octanol–water partition coefficient (Wildman–Crippen LogP) is 0.344. The Morgan fingerprint density at radius 1 is 1.31 bits per heavy atom. The standard InChI is InChI=1S/C10H16N2O/c11-9-7-5-12(10(13)8(7)9)6-3-1-2-4-6/h6-9H,1-5,11H2. The Hall–Kier alpha value is -0.570. The van der Waals surface area contributed by atoms with E-state index in [9.17, 15) is 4.79 Å². The van der Waals surface area contributed by atoms with Crippen LogP contribution in [-0.4, -0.2) is 29.4 Å². The van der Waals surface area contributed by atoms with Crippen molar-refractivity contribution in [1.29, 1.82) is 0 Å². The van der Waals surface area contributed by atoms with Crippen LogP contribution in [0.2, 0.25) is 0 Å². The third-order valence-corrected chi connectivity index (χ3v) is 3.97. The van der Waals surface area contributed by atoms with Crippen LogP contribution in [0.15, 0.2) is 0 Å². The number of piperidine rings is 1. The maximum absolute atomic E-state index is 11.8. The fourth-order valence-electron chi connectivity index (χ4n) is 3.04. The molecule has 0 aromatic heterocycles. The van der Waals surface area contributed by atoms with Gasteiger partial charge in [0.1, 0.15) is 0 Å². The van der Waals surface area contributed by atoms with Crippen LogP contribution in [0.25, 0.3) is 0 Å². The van der Waals surface area contributed by atoms with Gasteiger partial charge in [-0.1, -0.05) is 12.8 Å².